The molecule has 2 fully saturated rings. The molecule has 2 N–H and O–H groups in total. The van der Waals surface area contributed by atoms with Crippen LogP contribution in [0.25, 0.3) is 0 Å². The highest BCUT2D eigenvalue weighted by Gasteiger charge is 2.28. The lowest BCUT2D eigenvalue weighted by molar-refractivity contribution is 0.0139. The average molecular weight is 291 g/mol. The van der Waals surface area contributed by atoms with Gasteiger partial charge in [0.05, 0.1) is 13.2 Å². The van der Waals surface area contributed by atoms with Crippen LogP contribution < -0.4 is 10.1 Å². The fourth-order valence-electron chi connectivity index (χ4n) is 2.77. The van der Waals surface area contributed by atoms with Crippen molar-refractivity contribution in [2.45, 2.75) is 31.2 Å². The predicted molar refractivity (Wildman–Crippen MR) is 77.8 cm³/mol. The molecular weight excluding hydrogens is 270 g/mol. The molecule has 2 atom stereocenters. The number of hydrogen-bond acceptors (Lipinski definition) is 3. The molecule has 1 saturated heterocycles. The molecule has 0 unspecified atom stereocenters. The van der Waals surface area contributed by atoms with Gasteiger partial charge >= 0.3 is 6.09 Å². The Morgan fingerprint density at radius 2 is 2.05 bits per heavy atom. The molecule has 1 heterocycles. The summed E-state index contributed by atoms with van der Waals surface area (Å²) in [5, 5.41) is 11.4. The molecule has 21 heavy (non-hydrogen) atoms. The maximum Gasteiger partial charge on any atom is 0.404 e. The van der Waals surface area contributed by atoms with Gasteiger partial charge in [0.15, 0.2) is 0 Å². The Bertz CT molecular complexity index is 484. The van der Waals surface area contributed by atoms with E-state index in [-0.39, 0.29) is 12.0 Å². The van der Waals surface area contributed by atoms with Crippen LogP contribution in [-0.4, -0.2) is 37.1 Å². The van der Waals surface area contributed by atoms with Crippen molar-refractivity contribution >= 4 is 6.09 Å². The van der Waals surface area contributed by atoms with Gasteiger partial charge in [-0.2, -0.15) is 0 Å². The molecule has 1 aliphatic heterocycles. The van der Waals surface area contributed by atoms with E-state index in [2.05, 4.69) is 17.4 Å². The van der Waals surface area contributed by atoms with E-state index >= 15 is 0 Å². The standard InChI is InChI=1S/C16H21NO4/c18-16(19)17-15-7-8-20-9-13(15)10-21-14-5-3-12(4-6-14)11-1-2-11/h3-6,11,13,15,17H,1-2,7-10H2,(H,18,19)/t13-,15+/m0/s1. The zero-order valence-electron chi connectivity index (χ0n) is 12.0. The minimum atomic E-state index is -0.985. The van der Waals surface area contributed by atoms with E-state index < -0.39 is 6.09 Å². The largest absolute Gasteiger partial charge is 0.493 e. The van der Waals surface area contributed by atoms with Crippen LogP contribution in [0.5, 0.6) is 5.75 Å². The summed E-state index contributed by atoms with van der Waals surface area (Å²) < 4.78 is 11.2. The molecule has 0 aromatic heterocycles. The number of ether oxygens (including phenoxy) is 2. The summed E-state index contributed by atoms with van der Waals surface area (Å²) in [4.78, 5) is 10.8. The van der Waals surface area contributed by atoms with Crippen LogP contribution in [0, 0.1) is 5.92 Å². The Morgan fingerprint density at radius 1 is 1.29 bits per heavy atom. The average Bonchev–Trinajstić information content (AvgIpc) is 3.31. The second-order valence-electron chi connectivity index (χ2n) is 5.83. The van der Waals surface area contributed by atoms with Gasteiger partial charge in [0.1, 0.15) is 5.75 Å². The Morgan fingerprint density at radius 3 is 2.71 bits per heavy atom. The highest BCUT2D eigenvalue weighted by atomic mass is 16.5. The van der Waals surface area contributed by atoms with Crippen LogP contribution in [0.15, 0.2) is 24.3 Å². The topological polar surface area (TPSA) is 67.8 Å². The van der Waals surface area contributed by atoms with Gasteiger partial charge in [0.2, 0.25) is 0 Å². The lowest BCUT2D eigenvalue weighted by atomic mass is 9.97. The van der Waals surface area contributed by atoms with Crippen LogP contribution in [0.4, 0.5) is 4.79 Å². The molecule has 5 nitrogen and oxygen atoms in total. The summed E-state index contributed by atoms with van der Waals surface area (Å²) >= 11 is 0. The number of rotatable bonds is 5. The van der Waals surface area contributed by atoms with Crippen LogP contribution in [0.3, 0.4) is 0 Å². The molecule has 1 aliphatic carbocycles. The highest BCUT2D eigenvalue weighted by molar-refractivity contribution is 5.64. The Labute approximate surface area is 124 Å². The molecule has 3 rings (SSSR count). The van der Waals surface area contributed by atoms with E-state index in [0.717, 1.165) is 11.7 Å². The number of benzene rings is 1. The minimum Gasteiger partial charge on any atom is -0.493 e. The summed E-state index contributed by atoms with van der Waals surface area (Å²) in [6.45, 7) is 1.59. The summed E-state index contributed by atoms with van der Waals surface area (Å²) in [5.41, 5.74) is 1.38. The van der Waals surface area contributed by atoms with Crippen molar-refractivity contribution in [3.8, 4) is 5.75 Å². The lowest BCUT2D eigenvalue weighted by Gasteiger charge is -2.31. The Kier molecular flexibility index (Phi) is 4.29. The third-order valence-corrected chi connectivity index (χ3v) is 4.18. The molecule has 5 heteroatoms. The SMILES string of the molecule is O=C(O)N[C@@H]1CCOC[C@H]1COc1ccc(C2CC2)cc1. The van der Waals surface area contributed by atoms with E-state index in [1.165, 1.54) is 18.4 Å². The summed E-state index contributed by atoms with van der Waals surface area (Å²) in [6.07, 6.45) is 2.30. The number of carboxylic acid groups (broad SMARTS) is 1. The Hall–Kier alpha value is -1.75. The van der Waals surface area contributed by atoms with Gasteiger partial charge in [-0.05, 0) is 42.9 Å². The first kappa shape index (κ1) is 14.2. The van der Waals surface area contributed by atoms with Crippen molar-refractivity contribution in [1.82, 2.24) is 5.32 Å². The van der Waals surface area contributed by atoms with Gasteiger partial charge in [-0.1, -0.05) is 12.1 Å². The molecule has 0 spiro atoms. The van der Waals surface area contributed by atoms with Gasteiger partial charge in [-0.25, -0.2) is 4.79 Å². The van der Waals surface area contributed by atoms with E-state index in [1.54, 1.807) is 0 Å². The zero-order valence-corrected chi connectivity index (χ0v) is 12.0. The number of hydrogen-bond donors (Lipinski definition) is 2. The van der Waals surface area contributed by atoms with E-state index in [0.29, 0.717) is 26.2 Å². The summed E-state index contributed by atoms with van der Waals surface area (Å²) in [7, 11) is 0. The molecule has 2 aliphatic rings. The van der Waals surface area contributed by atoms with Crippen molar-refractivity contribution in [2.24, 2.45) is 5.92 Å². The third-order valence-electron chi connectivity index (χ3n) is 4.18. The molecule has 0 bridgehead atoms. The number of amides is 1. The minimum absolute atomic E-state index is 0.0537. The second kappa shape index (κ2) is 6.35. The molecule has 1 aromatic carbocycles. The van der Waals surface area contributed by atoms with Crippen LogP contribution in [0.1, 0.15) is 30.7 Å². The van der Waals surface area contributed by atoms with Gasteiger partial charge in [0.25, 0.3) is 0 Å². The zero-order chi connectivity index (χ0) is 14.7. The van der Waals surface area contributed by atoms with Crippen molar-refractivity contribution in [3.63, 3.8) is 0 Å². The van der Waals surface area contributed by atoms with Gasteiger partial charge in [-0.3, -0.25) is 0 Å². The quantitative estimate of drug-likeness (QED) is 0.875. The van der Waals surface area contributed by atoms with Crippen LogP contribution in [0.2, 0.25) is 0 Å². The van der Waals surface area contributed by atoms with E-state index in [1.807, 2.05) is 12.1 Å². The molecular formula is C16H21NO4. The summed E-state index contributed by atoms with van der Waals surface area (Å²) in [6, 6.07) is 8.14. The van der Waals surface area contributed by atoms with Crippen molar-refractivity contribution in [2.75, 3.05) is 19.8 Å². The second-order valence-corrected chi connectivity index (χ2v) is 5.83. The smallest absolute Gasteiger partial charge is 0.404 e. The first-order valence-corrected chi connectivity index (χ1v) is 7.52. The highest BCUT2D eigenvalue weighted by Crippen LogP contribution is 2.40. The molecule has 1 amide bonds. The van der Waals surface area contributed by atoms with E-state index in [9.17, 15) is 4.79 Å². The van der Waals surface area contributed by atoms with Crippen molar-refractivity contribution < 1.29 is 19.4 Å². The molecule has 1 saturated carbocycles. The lowest BCUT2D eigenvalue weighted by Crippen LogP contribution is -2.47. The molecule has 1 aromatic rings. The maximum absolute atomic E-state index is 10.8. The molecule has 114 valence electrons. The maximum atomic E-state index is 10.8. The van der Waals surface area contributed by atoms with Gasteiger partial charge < -0.3 is 19.9 Å². The predicted octanol–water partition coefficient (Wildman–Crippen LogP) is 2.62. The fraction of sp³-hybridized carbons (Fsp3) is 0.562. The van der Waals surface area contributed by atoms with Crippen molar-refractivity contribution in [3.05, 3.63) is 29.8 Å². The first-order chi connectivity index (χ1) is 10.2. The van der Waals surface area contributed by atoms with Gasteiger partial charge in [-0.15, -0.1) is 0 Å². The Balaban J connectivity index is 1.53. The number of carbonyl (C=O) groups is 1. The van der Waals surface area contributed by atoms with Gasteiger partial charge in [0, 0.05) is 18.6 Å². The first-order valence-electron chi connectivity index (χ1n) is 7.52. The van der Waals surface area contributed by atoms with E-state index in [4.69, 9.17) is 14.6 Å². The summed E-state index contributed by atoms with van der Waals surface area (Å²) in [5.74, 6) is 1.63. The number of nitrogens with one attached hydrogen (secondary N) is 1. The molecule has 0 radical (unpaired) electrons. The normalized spacial score (nSPS) is 25.3. The van der Waals surface area contributed by atoms with Crippen LogP contribution >= 0.6 is 0 Å². The van der Waals surface area contributed by atoms with Crippen molar-refractivity contribution in [1.29, 1.82) is 0 Å². The van der Waals surface area contributed by atoms with Crippen LogP contribution in [-0.2, 0) is 4.74 Å². The fourth-order valence-corrected chi connectivity index (χ4v) is 2.77. The monoisotopic (exact) mass is 291 g/mol. The third kappa shape index (κ3) is 3.88.